The van der Waals surface area contributed by atoms with E-state index in [-0.39, 0.29) is 18.0 Å². The minimum absolute atomic E-state index is 0.0323. The van der Waals surface area contributed by atoms with Crippen molar-refractivity contribution >= 4 is 21.8 Å². The van der Waals surface area contributed by atoms with Crippen LogP contribution in [0, 0.1) is 0 Å². The van der Waals surface area contributed by atoms with Gasteiger partial charge >= 0.3 is 0 Å². The summed E-state index contributed by atoms with van der Waals surface area (Å²) in [7, 11) is 0. The lowest BCUT2D eigenvalue weighted by Gasteiger charge is -2.26. The fourth-order valence-electron chi connectivity index (χ4n) is 2.02. The zero-order valence-corrected chi connectivity index (χ0v) is 11.1. The molecule has 0 N–H and O–H groups in total. The van der Waals surface area contributed by atoms with Crippen LogP contribution < -0.4 is 5.56 Å². The molecule has 92 valence electrons. The maximum absolute atomic E-state index is 12.0. The summed E-state index contributed by atoms with van der Waals surface area (Å²) in [6, 6.07) is 3.44. The Morgan fingerprint density at radius 1 is 1.29 bits per heavy atom. The fraction of sp³-hybridized carbons (Fsp3) is 0.500. The van der Waals surface area contributed by atoms with Gasteiger partial charge in [0, 0.05) is 19.3 Å². The summed E-state index contributed by atoms with van der Waals surface area (Å²) in [6.07, 6.45) is 4.98. The van der Waals surface area contributed by atoms with Gasteiger partial charge in [0.25, 0.3) is 5.56 Å². The molecule has 0 radical (unpaired) electrons. The Bertz CT molecular complexity index is 464. The van der Waals surface area contributed by atoms with Crippen LogP contribution in [0.5, 0.6) is 0 Å². The van der Waals surface area contributed by atoms with Crippen LogP contribution in [-0.4, -0.2) is 28.5 Å². The number of hydrogen-bond acceptors (Lipinski definition) is 2. The van der Waals surface area contributed by atoms with Gasteiger partial charge in [-0.1, -0.05) is 0 Å². The summed E-state index contributed by atoms with van der Waals surface area (Å²) < 4.78 is 1.94. The predicted octanol–water partition coefficient (Wildman–Crippen LogP) is 1.62. The number of carbonyl (C=O) groups is 1. The van der Waals surface area contributed by atoms with E-state index in [1.165, 1.54) is 11.0 Å². The van der Waals surface area contributed by atoms with Crippen molar-refractivity contribution in [2.75, 3.05) is 13.1 Å². The van der Waals surface area contributed by atoms with Gasteiger partial charge in [-0.15, -0.1) is 0 Å². The smallest absolute Gasteiger partial charge is 0.265 e. The quantitative estimate of drug-likeness (QED) is 0.833. The lowest BCUT2D eigenvalue weighted by Crippen LogP contribution is -2.39. The van der Waals surface area contributed by atoms with Crippen LogP contribution in [-0.2, 0) is 11.3 Å². The molecule has 1 aliphatic rings. The highest BCUT2D eigenvalue weighted by Crippen LogP contribution is 2.09. The second-order valence-electron chi connectivity index (χ2n) is 4.23. The molecular weight excluding hydrogens is 284 g/mol. The van der Waals surface area contributed by atoms with Crippen LogP contribution in [0.15, 0.2) is 27.6 Å². The number of rotatable bonds is 2. The summed E-state index contributed by atoms with van der Waals surface area (Å²) in [5.74, 6) is 0.0323. The largest absolute Gasteiger partial charge is 0.341 e. The van der Waals surface area contributed by atoms with Crippen molar-refractivity contribution in [2.24, 2.45) is 0 Å². The maximum Gasteiger partial charge on any atom is 0.265 e. The highest BCUT2D eigenvalue weighted by Gasteiger charge is 2.17. The number of piperidine rings is 1. The van der Waals surface area contributed by atoms with Crippen LogP contribution in [0.25, 0.3) is 0 Å². The molecule has 1 aliphatic heterocycles. The predicted molar refractivity (Wildman–Crippen MR) is 68.8 cm³/mol. The summed E-state index contributed by atoms with van der Waals surface area (Å²) in [5, 5.41) is 0. The van der Waals surface area contributed by atoms with Gasteiger partial charge in [-0.25, -0.2) is 0 Å². The molecular formula is C12H15BrN2O2. The van der Waals surface area contributed by atoms with Gasteiger partial charge in [0.2, 0.25) is 5.91 Å². The molecule has 1 aromatic rings. The zero-order chi connectivity index (χ0) is 12.3. The molecule has 2 rings (SSSR count). The number of carbonyl (C=O) groups excluding carboxylic acids is 1. The van der Waals surface area contributed by atoms with E-state index in [1.807, 2.05) is 4.90 Å². The Kier molecular flexibility index (Phi) is 3.99. The summed E-state index contributed by atoms with van der Waals surface area (Å²) in [4.78, 5) is 25.6. The second kappa shape index (κ2) is 5.49. The third-order valence-corrected chi connectivity index (χ3v) is 3.59. The van der Waals surface area contributed by atoms with E-state index >= 15 is 0 Å². The van der Waals surface area contributed by atoms with Gasteiger partial charge in [0.1, 0.15) is 6.54 Å². The van der Waals surface area contributed by atoms with Gasteiger partial charge in [-0.2, -0.15) is 0 Å². The van der Waals surface area contributed by atoms with Crippen LogP contribution in [0.3, 0.4) is 0 Å². The molecule has 0 spiro atoms. The average Bonchev–Trinajstić information content (AvgIpc) is 2.36. The standard InChI is InChI=1S/C12H15BrN2O2/c13-10-5-4-8-15(12(10)17)9-11(16)14-6-2-1-3-7-14/h4-5,8H,1-3,6-7,9H2. The third-order valence-electron chi connectivity index (χ3n) is 2.99. The lowest BCUT2D eigenvalue weighted by atomic mass is 10.1. The van der Waals surface area contributed by atoms with Crippen molar-refractivity contribution < 1.29 is 4.79 Å². The van der Waals surface area contributed by atoms with Crippen molar-refractivity contribution in [3.8, 4) is 0 Å². The molecule has 4 nitrogen and oxygen atoms in total. The van der Waals surface area contributed by atoms with E-state index in [0.29, 0.717) is 4.47 Å². The van der Waals surface area contributed by atoms with Crippen LogP contribution in [0.4, 0.5) is 0 Å². The number of hydrogen-bond donors (Lipinski definition) is 0. The Balaban J connectivity index is 2.07. The van der Waals surface area contributed by atoms with E-state index in [9.17, 15) is 9.59 Å². The minimum Gasteiger partial charge on any atom is -0.341 e. The zero-order valence-electron chi connectivity index (χ0n) is 9.56. The summed E-state index contributed by atoms with van der Waals surface area (Å²) in [6.45, 7) is 1.78. The van der Waals surface area contributed by atoms with E-state index in [1.54, 1.807) is 18.3 Å². The highest BCUT2D eigenvalue weighted by molar-refractivity contribution is 9.10. The first kappa shape index (κ1) is 12.4. The minimum atomic E-state index is -0.155. The molecule has 1 saturated heterocycles. The van der Waals surface area contributed by atoms with Gasteiger partial charge < -0.3 is 9.47 Å². The molecule has 1 amide bonds. The maximum atomic E-state index is 12.0. The highest BCUT2D eigenvalue weighted by atomic mass is 79.9. The SMILES string of the molecule is O=C(Cn1cccc(Br)c1=O)N1CCCCC1. The summed E-state index contributed by atoms with van der Waals surface area (Å²) >= 11 is 3.17. The van der Waals surface area contributed by atoms with Gasteiger partial charge in [-0.05, 0) is 47.3 Å². The van der Waals surface area contributed by atoms with Crippen LogP contribution in [0.1, 0.15) is 19.3 Å². The molecule has 1 aromatic heterocycles. The van der Waals surface area contributed by atoms with Gasteiger partial charge in [0.15, 0.2) is 0 Å². The topological polar surface area (TPSA) is 42.3 Å². The van der Waals surface area contributed by atoms with Crippen LogP contribution >= 0.6 is 15.9 Å². The molecule has 2 heterocycles. The van der Waals surface area contributed by atoms with Crippen molar-refractivity contribution in [2.45, 2.75) is 25.8 Å². The Morgan fingerprint density at radius 2 is 2.00 bits per heavy atom. The van der Waals surface area contributed by atoms with Crippen molar-refractivity contribution in [1.29, 1.82) is 0 Å². The van der Waals surface area contributed by atoms with Crippen molar-refractivity contribution in [3.63, 3.8) is 0 Å². The van der Waals surface area contributed by atoms with E-state index in [2.05, 4.69) is 15.9 Å². The second-order valence-corrected chi connectivity index (χ2v) is 5.08. The van der Waals surface area contributed by atoms with Crippen LogP contribution in [0.2, 0.25) is 0 Å². The van der Waals surface area contributed by atoms with E-state index < -0.39 is 0 Å². The number of aromatic nitrogens is 1. The van der Waals surface area contributed by atoms with Crippen molar-refractivity contribution in [1.82, 2.24) is 9.47 Å². The molecule has 0 unspecified atom stereocenters. The van der Waals surface area contributed by atoms with E-state index in [4.69, 9.17) is 0 Å². The molecule has 17 heavy (non-hydrogen) atoms. The fourth-order valence-corrected chi connectivity index (χ4v) is 2.40. The Labute approximate surface area is 108 Å². The Morgan fingerprint density at radius 3 is 2.71 bits per heavy atom. The monoisotopic (exact) mass is 298 g/mol. The number of halogens is 1. The molecule has 0 saturated carbocycles. The molecule has 5 heteroatoms. The van der Waals surface area contributed by atoms with Gasteiger partial charge in [-0.3, -0.25) is 9.59 Å². The van der Waals surface area contributed by atoms with Crippen molar-refractivity contribution in [3.05, 3.63) is 33.2 Å². The summed E-state index contributed by atoms with van der Waals surface area (Å²) in [5.41, 5.74) is -0.155. The molecule has 0 aromatic carbocycles. The normalized spacial score (nSPS) is 15.9. The number of nitrogens with zero attached hydrogens (tertiary/aromatic N) is 2. The number of amides is 1. The third kappa shape index (κ3) is 2.97. The molecule has 0 aliphatic carbocycles. The Hall–Kier alpha value is -1.10. The number of likely N-dealkylation sites (tertiary alicyclic amines) is 1. The average molecular weight is 299 g/mol. The molecule has 0 bridgehead atoms. The van der Waals surface area contributed by atoms with E-state index in [0.717, 1.165) is 25.9 Å². The number of pyridine rings is 1. The van der Waals surface area contributed by atoms with Gasteiger partial charge in [0.05, 0.1) is 4.47 Å². The first-order valence-corrected chi connectivity index (χ1v) is 6.60. The molecule has 0 atom stereocenters. The lowest BCUT2D eigenvalue weighted by molar-refractivity contribution is -0.132. The first-order chi connectivity index (χ1) is 8.18. The molecule has 1 fully saturated rings. The first-order valence-electron chi connectivity index (χ1n) is 5.81.